The molecule has 21 heavy (non-hydrogen) atoms. The third-order valence-corrected chi connectivity index (χ3v) is 3.67. The zero-order chi connectivity index (χ0) is 15.5. The number of aromatic nitrogens is 2. The minimum atomic E-state index is -4.48. The summed E-state index contributed by atoms with van der Waals surface area (Å²) >= 11 is 1.25. The molecule has 1 aromatic carbocycles. The molecular formula is C14H14F3N3S. The van der Waals surface area contributed by atoms with Gasteiger partial charge in [0, 0.05) is 18.9 Å². The predicted octanol–water partition coefficient (Wildman–Crippen LogP) is 4.14. The summed E-state index contributed by atoms with van der Waals surface area (Å²) in [6.45, 7) is 1.97. The number of rotatable bonds is 4. The van der Waals surface area contributed by atoms with E-state index >= 15 is 0 Å². The van der Waals surface area contributed by atoms with Crippen molar-refractivity contribution >= 4 is 17.7 Å². The first kappa shape index (κ1) is 15.6. The molecule has 0 fully saturated rings. The van der Waals surface area contributed by atoms with Crippen LogP contribution in [0, 0.1) is 6.92 Å². The maximum absolute atomic E-state index is 12.8. The number of alkyl halides is 3. The van der Waals surface area contributed by atoms with E-state index in [0.717, 1.165) is 17.2 Å². The van der Waals surface area contributed by atoms with Crippen LogP contribution < -0.4 is 5.32 Å². The third kappa shape index (κ3) is 4.35. The van der Waals surface area contributed by atoms with Crippen LogP contribution in [-0.4, -0.2) is 17.0 Å². The Kier molecular flexibility index (Phi) is 4.72. The highest BCUT2D eigenvalue weighted by Crippen LogP contribution is 2.31. The molecular weight excluding hydrogens is 299 g/mol. The van der Waals surface area contributed by atoms with Gasteiger partial charge in [-0.1, -0.05) is 29.8 Å². The van der Waals surface area contributed by atoms with Gasteiger partial charge < -0.3 is 5.32 Å². The minimum Gasteiger partial charge on any atom is -0.357 e. The lowest BCUT2D eigenvalue weighted by atomic mass is 10.2. The number of aryl methyl sites for hydroxylation is 1. The van der Waals surface area contributed by atoms with E-state index < -0.39 is 11.9 Å². The Morgan fingerprint density at radius 3 is 2.57 bits per heavy atom. The largest absolute Gasteiger partial charge is 0.433 e. The molecule has 0 atom stereocenters. The van der Waals surface area contributed by atoms with Gasteiger partial charge in [-0.05, 0) is 12.5 Å². The van der Waals surface area contributed by atoms with Crippen LogP contribution in [0.3, 0.4) is 0 Å². The molecule has 112 valence electrons. The van der Waals surface area contributed by atoms with Crippen LogP contribution in [0.5, 0.6) is 0 Å². The molecule has 0 saturated heterocycles. The molecule has 0 unspecified atom stereocenters. The van der Waals surface area contributed by atoms with Crippen molar-refractivity contribution in [3.63, 3.8) is 0 Å². The zero-order valence-electron chi connectivity index (χ0n) is 11.5. The van der Waals surface area contributed by atoms with Crippen molar-refractivity contribution in [2.45, 2.75) is 23.9 Å². The Labute approximate surface area is 125 Å². The van der Waals surface area contributed by atoms with Gasteiger partial charge in [0.25, 0.3) is 0 Å². The summed E-state index contributed by atoms with van der Waals surface area (Å²) in [4.78, 5) is 7.48. The highest BCUT2D eigenvalue weighted by molar-refractivity contribution is 7.98. The normalized spacial score (nSPS) is 11.5. The van der Waals surface area contributed by atoms with Crippen molar-refractivity contribution in [1.29, 1.82) is 0 Å². The van der Waals surface area contributed by atoms with Gasteiger partial charge in [-0.25, -0.2) is 9.97 Å². The van der Waals surface area contributed by atoms with Crippen molar-refractivity contribution < 1.29 is 13.2 Å². The molecule has 1 N–H and O–H groups in total. The van der Waals surface area contributed by atoms with E-state index in [4.69, 9.17) is 0 Å². The van der Waals surface area contributed by atoms with E-state index in [1.165, 1.54) is 18.8 Å². The van der Waals surface area contributed by atoms with Crippen molar-refractivity contribution in [3.8, 4) is 0 Å². The van der Waals surface area contributed by atoms with Gasteiger partial charge >= 0.3 is 6.18 Å². The molecule has 0 spiro atoms. The van der Waals surface area contributed by atoms with Crippen LogP contribution in [0.25, 0.3) is 0 Å². The minimum absolute atomic E-state index is 0.0310. The second kappa shape index (κ2) is 6.34. The maximum atomic E-state index is 12.8. The molecule has 0 radical (unpaired) electrons. The third-order valence-electron chi connectivity index (χ3n) is 2.69. The number of hydrogen-bond acceptors (Lipinski definition) is 4. The van der Waals surface area contributed by atoms with E-state index in [1.807, 2.05) is 31.2 Å². The van der Waals surface area contributed by atoms with Gasteiger partial charge in [-0.2, -0.15) is 13.2 Å². The van der Waals surface area contributed by atoms with Crippen LogP contribution in [-0.2, 0) is 11.9 Å². The van der Waals surface area contributed by atoms with Crippen molar-refractivity contribution in [2.24, 2.45) is 0 Å². The van der Waals surface area contributed by atoms with Crippen LogP contribution in [0.4, 0.5) is 19.1 Å². The Bertz CT molecular complexity index is 629. The fourth-order valence-corrected chi connectivity index (χ4v) is 2.56. The smallest absolute Gasteiger partial charge is 0.357 e. The summed E-state index contributed by atoms with van der Waals surface area (Å²) in [6, 6.07) is 8.80. The molecule has 2 rings (SSSR count). The molecule has 0 bridgehead atoms. The predicted molar refractivity (Wildman–Crippen MR) is 77.3 cm³/mol. The highest BCUT2D eigenvalue weighted by atomic mass is 32.2. The first-order valence-corrected chi connectivity index (χ1v) is 7.19. The van der Waals surface area contributed by atoms with E-state index in [0.29, 0.717) is 10.8 Å². The molecule has 3 nitrogen and oxygen atoms in total. The van der Waals surface area contributed by atoms with E-state index in [-0.39, 0.29) is 5.95 Å². The van der Waals surface area contributed by atoms with Crippen molar-refractivity contribution in [3.05, 3.63) is 47.2 Å². The highest BCUT2D eigenvalue weighted by Gasteiger charge is 2.33. The van der Waals surface area contributed by atoms with E-state index in [9.17, 15) is 13.2 Å². The SMILES string of the molecule is CNc1nc(SCc2cccc(C)c2)cc(C(F)(F)F)n1. The summed E-state index contributed by atoms with van der Waals surface area (Å²) in [7, 11) is 1.49. The van der Waals surface area contributed by atoms with Crippen molar-refractivity contribution in [1.82, 2.24) is 9.97 Å². The molecule has 7 heteroatoms. The topological polar surface area (TPSA) is 37.8 Å². The molecule has 0 saturated carbocycles. The molecule has 2 aromatic rings. The lowest BCUT2D eigenvalue weighted by Crippen LogP contribution is -2.11. The summed E-state index contributed by atoms with van der Waals surface area (Å²) < 4.78 is 38.3. The second-order valence-electron chi connectivity index (χ2n) is 4.44. The van der Waals surface area contributed by atoms with Crippen LogP contribution in [0.1, 0.15) is 16.8 Å². The van der Waals surface area contributed by atoms with Gasteiger partial charge in [0.05, 0.1) is 0 Å². The van der Waals surface area contributed by atoms with Crippen LogP contribution in [0.2, 0.25) is 0 Å². The summed E-state index contributed by atoms with van der Waals surface area (Å²) in [5.41, 5.74) is 1.22. The number of nitrogens with one attached hydrogen (secondary N) is 1. The van der Waals surface area contributed by atoms with Gasteiger partial charge in [0.15, 0.2) is 5.69 Å². The quantitative estimate of drug-likeness (QED) is 0.680. The Balaban J connectivity index is 2.19. The van der Waals surface area contributed by atoms with Crippen LogP contribution in [0.15, 0.2) is 35.4 Å². The lowest BCUT2D eigenvalue weighted by molar-refractivity contribution is -0.141. The number of benzene rings is 1. The maximum Gasteiger partial charge on any atom is 0.433 e. The average molecular weight is 313 g/mol. The van der Waals surface area contributed by atoms with Gasteiger partial charge in [0.1, 0.15) is 5.03 Å². The lowest BCUT2D eigenvalue weighted by Gasteiger charge is -2.10. The number of nitrogens with zero attached hydrogens (tertiary/aromatic N) is 2. The van der Waals surface area contributed by atoms with Gasteiger partial charge in [-0.15, -0.1) is 11.8 Å². The zero-order valence-corrected chi connectivity index (χ0v) is 12.3. The first-order chi connectivity index (χ1) is 9.88. The van der Waals surface area contributed by atoms with Gasteiger partial charge in [0.2, 0.25) is 5.95 Å². The molecule has 0 aliphatic heterocycles. The van der Waals surface area contributed by atoms with Crippen LogP contribution >= 0.6 is 11.8 Å². The number of anilines is 1. The average Bonchev–Trinajstić information content (AvgIpc) is 2.44. The fraction of sp³-hybridized carbons (Fsp3) is 0.286. The summed E-state index contributed by atoms with van der Waals surface area (Å²) in [5, 5.41) is 2.85. The summed E-state index contributed by atoms with van der Waals surface area (Å²) in [6.07, 6.45) is -4.48. The number of halogens is 3. The number of thioether (sulfide) groups is 1. The molecule has 0 amide bonds. The molecule has 0 aliphatic carbocycles. The monoisotopic (exact) mass is 313 g/mol. The fourth-order valence-electron chi connectivity index (χ4n) is 1.72. The van der Waals surface area contributed by atoms with E-state index in [2.05, 4.69) is 15.3 Å². The molecule has 1 aromatic heterocycles. The standard InChI is InChI=1S/C14H14F3N3S/c1-9-4-3-5-10(6-9)8-21-12-7-11(14(15,16)17)19-13(18-2)20-12/h3-7H,8H2,1-2H3,(H,18,19,20). The summed E-state index contributed by atoms with van der Waals surface area (Å²) in [5.74, 6) is 0.524. The van der Waals surface area contributed by atoms with Crippen molar-refractivity contribution in [2.75, 3.05) is 12.4 Å². The molecule has 0 aliphatic rings. The Hall–Kier alpha value is -1.76. The van der Waals surface area contributed by atoms with E-state index in [1.54, 1.807) is 0 Å². The molecule has 1 heterocycles. The second-order valence-corrected chi connectivity index (χ2v) is 5.44. The van der Waals surface area contributed by atoms with Gasteiger partial charge in [-0.3, -0.25) is 0 Å². The Morgan fingerprint density at radius 2 is 1.95 bits per heavy atom. The Morgan fingerprint density at radius 1 is 1.19 bits per heavy atom. The number of hydrogen-bond donors (Lipinski definition) is 1. The first-order valence-electron chi connectivity index (χ1n) is 6.21.